The Morgan fingerprint density at radius 2 is 1.90 bits per heavy atom. The average Bonchev–Trinajstić information content (AvgIpc) is 2.70. The highest BCUT2D eigenvalue weighted by Crippen LogP contribution is 2.29. The lowest BCUT2D eigenvalue weighted by atomic mass is 10.1. The Morgan fingerprint density at radius 1 is 1.17 bits per heavy atom. The Bertz CT molecular complexity index is 1050. The van der Waals surface area contributed by atoms with Crippen molar-refractivity contribution in [2.75, 3.05) is 31.7 Å². The zero-order valence-electron chi connectivity index (χ0n) is 16.2. The van der Waals surface area contributed by atoms with Crippen LogP contribution in [0.4, 0.5) is 11.4 Å². The Kier molecular flexibility index (Phi) is 6.26. The maximum Gasteiger partial charge on any atom is 0.295 e. The number of anilines is 1. The van der Waals surface area contributed by atoms with E-state index in [1.165, 1.54) is 16.4 Å². The molecule has 0 saturated carbocycles. The molecule has 1 heterocycles. The number of nitro benzene ring substituents is 1. The summed E-state index contributed by atoms with van der Waals surface area (Å²) >= 11 is 0. The van der Waals surface area contributed by atoms with Crippen molar-refractivity contribution in [3.8, 4) is 0 Å². The van der Waals surface area contributed by atoms with Crippen LogP contribution in [-0.2, 0) is 14.8 Å². The van der Waals surface area contributed by atoms with Crippen molar-refractivity contribution in [3.05, 3.63) is 63.2 Å². The van der Waals surface area contributed by atoms with Crippen LogP contribution in [0.25, 0.3) is 0 Å². The Balaban J connectivity index is 1.84. The molecule has 1 N–H and O–H groups in total. The first kappa shape index (κ1) is 20.9. The van der Waals surface area contributed by atoms with Gasteiger partial charge in [0.2, 0.25) is 10.0 Å². The second kappa shape index (κ2) is 8.68. The molecule has 3 rings (SSSR count). The number of aryl methyl sites for hydroxylation is 2. The van der Waals surface area contributed by atoms with E-state index in [1.54, 1.807) is 6.21 Å². The van der Waals surface area contributed by atoms with Crippen LogP contribution in [0.3, 0.4) is 0 Å². The molecule has 2 aromatic carbocycles. The van der Waals surface area contributed by atoms with Crippen molar-refractivity contribution in [1.82, 2.24) is 4.31 Å². The maximum absolute atomic E-state index is 12.7. The summed E-state index contributed by atoms with van der Waals surface area (Å²) in [5.74, 6) is 0. The fourth-order valence-corrected chi connectivity index (χ4v) is 4.42. The molecule has 29 heavy (non-hydrogen) atoms. The van der Waals surface area contributed by atoms with Gasteiger partial charge >= 0.3 is 0 Å². The van der Waals surface area contributed by atoms with Gasteiger partial charge in [-0.2, -0.15) is 9.41 Å². The Morgan fingerprint density at radius 3 is 2.55 bits per heavy atom. The highest BCUT2D eigenvalue weighted by Gasteiger charge is 2.28. The van der Waals surface area contributed by atoms with Crippen LogP contribution in [0.15, 0.2) is 46.4 Å². The first-order valence-electron chi connectivity index (χ1n) is 9.02. The van der Waals surface area contributed by atoms with Crippen molar-refractivity contribution in [3.63, 3.8) is 0 Å². The third-order valence-corrected chi connectivity index (χ3v) is 6.48. The van der Waals surface area contributed by atoms with Crippen LogP contribution in [0.2, 0.25) is 0 Å². The molecule has 0 atom stereocenters. The van der Waals surface area contributed by atoms with E-state index in [2.05, 4.69) is 10.5 Å². The first-order chi connectivity index (χ1) is 13.8. The van der Waals surface area contributed by atoms with E-state index in [9.17, 15) is 18.5 Å². The molecule has 0 aliphatic carbocycles. The summed E-state index contributed by atoms with van der Waals surface area (Å²) < 4.78 is 31.9. The van der Waals surface area contributed by atoms with Gasteiger partial charge in [-0.25, -0.2) is 8.42 Å². The predicted octanol–water partition coefficient (Wildman–Crippen LogP) is 2.68. The molecule has 0 spiro atoms. The van der Waals surface area contributed by atoms with E-state index in [-0.39, 0.29) is 29.4 Å². The standard InChI is InChI=1S/C19H22N4O5S/c1-14-3-4-16(15(2)11-14)13-20-21-18-6-5-17(12-19(18)23(24)25)29(26,27)22-7-9-28-10-8-22/h3-6,11-13,21H,7-10H2,1-2H3. The number of ether oxygens (including phenoxy) is 1. The fourth-order valence-electron chi connectivity index (χ4n) is 3.00. The highest BCUT2D eigenvalue weighted by atomic mass is 32.2. The van der Waals surface area contributed by atoms with E-state index in [4.69, 9.17) is 4.74 Å². The molecule has 10 heteroatoms. The fraction of sp³-hybridized carbons (Fsp3) is 0.316. The van der Waals surface area contributed by atoms with Crippen molar-refractivity contribution < 1.29 is 18.1 Å². The van der Waals surface area contributed by atoms with Gasteiger partial charge in [0.15, 0.2) is 0 Å². The van der Waals surface area contributed by atoms with E-state index in [0.29, 0.717) is 13.2 Å². The minimum Gasteiger partial charge on any atom is -0.379 e. The molecule has 0 radical (unpaired) electrons. The van der Waals surface area contributed by atoms with Crippen molar-refractivity contribution in [2.24, 2.45) is 5.10 Å². The van der Waals surface area contributed by atoms with Crippen LogP contribution < -0.4 is 5.43 Å². The van der Waals surface area contributed by atoms with Gasteiger partial charge in [-0.15, -0.1) is 0 Å². The number of hydrogen-bond donors (Lipinski definition) is 1. The first-order valence-corrected chi connectivity index (χ1v) is 10.5. The number of sulfonamides is 1. The number of hydrazone groups is 1. The second-order valence-electron chi connectivity index (χ2n) is 6.68. The lowest BCUT2D eigenvalue weighted by Gasteiger charge is -2.26. The maximum atomic E-state index is 12.7. The van der Waals surface area contributed by atoms with Gasteiger partial charge in [0.25, 0.3) is 5.69 Å². The average molecular weight is 418 g/mol. The molecular weight excluding hydrogens is 396 g/mol. The number of nitro groups is 1. The summed E-state index contributed by atoms with van der Waals surface area (Å²) in [6.45, 7) is 4.97. The van der Waals surface area contributed by atoms with Gasteiger partial charge in [0.1, 0.15) is 5.69 Å². The van der Waals surface area contributed by atoms with Gasteiger partial charge in [-0.1, -0.05) is 23.8 Å². The van der Waals surface area contributed by atoms with Crippen LogP contribution in [-0.4, -0.2) is 50.2 Å². The molecule has 0 amide bonds. The van der Waals surface area contributed by atoms with E-state index in [0.717, 1.165) is 22.8 Å². The summed E-state index contributed by atoms with van der Waals surface area (Å²) in [4.78, 5) is 10.7. The van der Waals surface area contributed by atoms with Crippen molar-refractivity contribution >= 4 is 27.6 Å². The normalized spacial score (nSPS) is 15.5. The summed E-state index contributed by atoms with van der Waals surface area (Å²) in [5, 5.41) is 15.6. The van der Waals surface area contributed by atoms with E-state index < -0.39 is 14.9 Å². The van der Waals surface area contributed by atoms with E-state index in [1.807, 2.05) is 32.0 Å². The van der Waals surface area contributed by atoms with Crippen LogP contribution >= 0.6 is 0 Å². The number of rotatable bonds is 6. The van der Waals surface area contributed by atoms with Crippen LogP contribution in [0.1, 0.15) is 16.7 Å². The Hall–Kier alpha value is -2.82. The predicted molar refractivity (Wildman–Crippen MR) is 110 cm³/mol. The minimum absolute atomic E-state index is 0.108. The van der Waals surface area contributed by atoms with Gasteiger partial charge < -0.3 is 4.74 Å². The smallest absolute Gasteiger partial charge is 0.295 e. The lowest BCUT2D eigenvalue weighted by Crippen LogP contribution is -2.40. The van der Waals surface area contributed by atoms with Gasteiger partial charge in [-0.3, -0.25) is 15.5 Å². The molecule has 1 aliphatic heterocycles. The molecule has 1 fully saturated rings. The zero-order chi connectivity index (χ0) is 21.0. The molecule has 154 valence electrons. The molecule has 1 saturated heterocycles. The summed E-state index contributed by atoms with van der Waals surface area (Å²) in [6, 6.07) is 9.61. The number of nitrogens with zero attached hydrogens (tertiary/aromatic N) is 3. The molecule has 9 nitrogen and oxygen atoms in total. The van der Waals surface area contributed by atoms with Gasteiger partial charge in [-0.05, 0) is 37.1 Å². The summed E-state index contributed by atoms with van der Waals surface area (Å²) in [6.07, 6.45) is 1.57. The molecular formula is C19H22N4O5S. The minimum atomic E-state index is -3.83. The monoisotopic (exact) mass is 418 g/mol. The number of benzene rings is 2. The van der Waals surface area contributed by atoms with E-state index >= 15 is 0 Å². The summed E-state index contributed by atoms with van der Waals surface area (Å²) in [7, 11) is -3.83. The largest absolute Gasteiger partial charge is 0.379 e. The topological polar surface area (TPSA) is 114 Å². The highest BCUT2D eigenvalue weighted by molar-refractivity contribution is 7.89. The number of hydrogen-bond acceptors (Lipinski definition) is 7. The third-order valence-electron chi connectivity index (χ3n) is 4.59. The quantitative estimate of drug-likeness (QED) is 0.438. The third kappa shape index (κ3) is 4.78. The Labute approximate surface area is 169 Å². The molecule has 2 aromatic rings. The van der Waals surface area contributed by atoms with Crippen LogP contribution in [0, 0.1) is 24.0 Å². The number of nitrogens with one attached hydrogen (secondary N) is 1. The SMILES string of the molecule is Cc1ccc(C=NNc2ccc(S(=O)(=O)N3CCOCC3)cc2[N+](=O)[O-])c(C)c1. The second-order valence-corrected chi connectivity index (χ2v) is 8.62. The summed E-state index contributed by atoms with van der Waals surface area (Å²) in [5.41, 5.74) is 5.41. The van der Waals surface area contributed by atoms with Crippen LogP contribution in [0.5, 0.6) is 0 Å². The molecule has 0 aromatic heterocycles. The van der Waals surface area contributed by atoms with Gasteiger partial charge in [0, 0.05) is 19.2 Å². The number of morpholine rings is 1. The zero-order valence-corrected chi connectivity index (χ0v) is 17.0. The molecule has 0 bridgehead atoms. The van der Waals surface area contributed by atoms with Crippen molar-refractivity contribution in [1.29, 1.82) is 0 Å². The lowest BCUT2D eigenvalue weighted by molar-refractivity contribution is -0.384. The van der Waals surface area contributed by atoms with Crippen molar-refractivity contribution in [2.45, 2.75) is 18.7 Å². The van der Waals surface area contributed by atoms with Gasteiger partial charge in [0.05, 0.1) is 29.2 Å². The molecule has 1 aliphatic rings. The molecule has 0 unspecified atom stereocenters.